The summed E-state index contributed by atoms with van der Waals surface area (Å²) in [6, 6.07) is 1.57. The van der Waals surface area contributed by atoms with Crippen LogP contribution >= 0.6 is 11.8 Å². The molecule has 1 fully saturated rings. The van der Waals surface area contributed by atoms with Crippen molar-refractivity contribution in [3.8, 4) is 11.5 Å². The summed E-state index contributed by atoms with van der Waals surface area (Å²) in [5, 5.41) is 27.5. The number of aryl methyl sites for hydroxylation is 1. The summed E-state index contributed by atoms with van der Waals surface area (Å²) in [6.45, 7) is 2.45. The fourth-order valence-electron chi connectivity index (χ4n) is 1.97. The molecule has 0 unspecified atom stereocenters. The van der Waals surface area contributed by atoms with Crippen molar-refractivity contribution in [2.24, 2.45) is 0 Å². The van der Waals surface area contributed by atoms with Gasteiger partial charge in [-0.05, 0) is 48.9 Å². The van der Waals surface area contributed by atoms with Crippen LogP contribution in [0.4, 0.5) is 4.79 Å². The number of imide groups is 1. The lowest BCUT2D eigenvalue weighted by Gasteiger charge is -2.10. The Labute approximate surface area is 129 Å². The summed E-state index contributed by atoms with van der Waals surface area (Å²) in [6.07, 6.45) is 1.40. The van der Waals surface area contributed by atoms with Crippen LogP contribution in [0, 0.1) is 13.8 Å². The average Bonchev–Trinajstić information content (AvgIpc) is 2.69. The second-order valence-corrected chi connectivity index (χ2v) is 5.76. The molecule has 8 heteroatoms. The number of thioether (sulfide) groups is 1. The molecule has 0 saturated carbocycles. The SMILES string of the molecule is Cc1cc(C=C2SC(=O)N(CC(=O)O)C2=O)c(C)c(O)c1O. The molecule has 22 heavy (non-hydrogen) atoms. The van der Waals surface area contributed by atoms with Crippen LogP contribution < -0.4 is 0 Å². The molecule has 0 aromatic heterocycles. The maximum atomic E-state index is 12.0. The number of hydrogen-bond donors (Lipinski definition) is 3. The van der Waals surface area contributed by atoms with E-state index in [2.05, 4.69) is 0 Å². The van der Waals surface area contributed by atoms with E-state index in [4.69, 9.17) is 5.11 Å². The molecule has 0 atom stereocenters. The maximum Gasteiger partial charge on any atom is 0.323 e. The topological polar surface area (TPSA) is 115 Å². The number of benzene rings is 1. The van der Waals surface area contributed by atoms with Crippen molar-refractivity contribution in [3.63, 3.8) is 0 Å². The number of carbonyl (C=O) groups excluding carboxylic acids is 2. The molecule has 1 saturated heterocycles. The van der Waals surface area contributed by atoms with Gasteiger partial charge in [-0.1, -0.05) is 0 Å². The van der Waals surface area contributed by atoms with Crippen LogP contribution in [-0.2, 0) is 9.59 Å². The van der Waals surface area contributed by atoms with Gasteiger partial charge >= 0.3 is 5.97 Å². The van der Waals surface area contributed by atoms with Gasteiger partial charge in [0.1, 0.15) is 6.54 Å². The van der Waals surface area contributed by atoms with E-state index in [1.807, 2.05) is 0 Å². The first-order valence-corrected chi connectivity index (χ1v) is 7.03. The smallest absolute Gasteiger partial charge is 0.323 e. The number of phenols is 2. The molecule has 0 spiro atoms. The molecule has 3 N–H and O–H groups in total. The monoisotopic (exact) mass is 323 g/mol. The van der Waals surface area contributed by atoms with Gasteiger partial charge in [-0.3, -0.25) is 19.3 Å². The summed E-state index contributed by atoms with van der Waals surface area (Å²) in [4.78, 5) is 35.1. The molecular formula is C14H13NO6S. The molecule has 7 nitrogen and oxygen atoms in total. The van der Waals surface area contributed by atoms with Gasteiger partial charge < -0.3 is 15.3 Å². The number of aliphatic carboxylic acids is 1. The molecule has 1 aliphatic heterocycles. The second-order valence-electron chi connectivity index (χ2n) is 4.77. The van der Waals surface area contributed by atoms with Crippen molar-refractivity contribution in [1.82, 2.24) is 4.90 Å². The average molecular weight is 323 g/mol. The van der Waals surface area contributed by atoms with Gasteiger partial charge in [0, 0.05) is 5.56 Å². The van der Waals surface area contributed by atoms with Crippen LogP contribution in [0.25, 0.3) is 6.08 Å². The van der Waals surface area contributed by atoms with Gasteiger partial charge in [-0.25, -0.2) is 0 Å². The fraction of sp³-hybridized carbons (Fsp3) is 0.214. The van der Waals surface area contributed by atoms with Gasteiger partial charge in [-0.15, -0.1) is 0 Å². The summed E-state index contributed by atoms with van der Waals surface area (Å²) in [7, 11) is 0. The van der Waals surface area contributed by atoms with Crippen LogP contribution in [0.5, 0.6) is 11.5 Å². The zero-order valence-corrected chi connectivity index (χ0v) is 12.6. The summed E-state index contributed by atoms with van der Waals surface area (Å²) < 4.78 is 0. The van der Waals surface area contributed by atoms with Crippen molar-refractivity contribution in [2.45, 2.75) is 13.8 Å². The standard InChI is InChI=1S/C14H13NO6S/c1-6-3-8(7(2)12(19)11(6)18)4-9-13(20)15(5-10(16)17)14(21)22-9/h3-4,18-19H,5H2,1-2H3,(H,16,17). The summed E-state index contributed by atoms with van der Waals surface area (Å²) in [5.74, 6) is -2.51. The third-order valence-corrected chi connectivity index (χ3v) is 4.12. The molecule has 1 heterocycles. The fourth-order valence-corrected chi connectivity index (χ4v) is 2.80. The number of phenolic OH excluding ortho intramolecular Hbond substituents is 2. The minimum absolute atomic E-state index is 0.0684. The van der Waals surface area contributed by atoms with E-state index in [0.717, 1.165) is 0 Å². The number of nitrogens with zero attached hydrogens (tertiary/aromatic N) is 1. The molecule has 0 bridgehead atoms. The van der Waals surface area contributed by atoms with Crippen molar-refractivity contribution in [3.05, 3.63) is 27.7 Å². The summed E-state index contributed by atoms with van der Waals surface area (Å²) >= 11 is 0.634. The van der Waals surface area contributed by atoms with E-state index in [1.165, 1.54) is 6.08 Å². The van der Waals surface area contributed by atoms with E-state index in [-0.39, 0.29) is 16.4 Å². The van der Waals surface area contributed by atoms with E-state index < -0.39 is 23.7 Å². The predicted octanol–water partition coefficient (Wildman–Crippen LogP) is 1.84. The Hall–Kier alpha value is -2.48. The Morgan fingerprint density at radius 3 is 2.50 bits per heavy atom. The van der Waals surface area contributed by atoms with Gasteiger partial charge in [0.2, 0.25) is 0 Å². The van der Waals surface area contributed by atoms with Gasteiger partial charge in [0.15, 0.2) is 11.5 Å². The van der Waals surface area contributed by atoms with Crippen LogP contribution in [0.1, 0.15) is 16.7 Å². The van der Waals surface area contributed by atoms with Crippen LogP contribution in [-0.4, -0.2) is 43.9 Å². The highest BCUT2D eigenvalue weighted by Gasteiger charge is 2.36. The molecule has 2 rings (SSSR count). The summed E-state index contributed by atoms with van der Waals surface area (Å²) in [5.41, 5.74) is 1.24. The first-order valence-electron chi connectivity index (χ1n) is 6.21. The lowest BCUT2D eigenvalue weighted by atomic mass is 10.0. The largest absolute Gasteiger partial charge is 0.504 e. The first kappa shape index (κ1) is 15.9. The minimum atomic E-state index is -1.28. The minimum Gasteiger partial charge on any atom is -0.504 e. The predicted molar refractivity (Wildman–Crippen MR) is 79.6 cm³/mol. The number of carboxylic acids is 1. The lowest BCUT2D eigenvalue weighted by Crippen LogP contribution is -2.33. The number of carboxylic acid groups (broad SMARTS) is 1. The van der Waals surface area contributed by atoms with Gasteiger partial charge in [0.25, 0.3) is 11.1 Å². The Morgan fingerprint density at radius 2 is 1.91 bits per heavy atom. The molecule has 1 aromatic rings. The van der Waals surface area contributed by atoms with E-state index >= 15 is 0 Å². The highest BCUT2D eigenvalue weighted by molar-refractivity contribution is 8.18. The number of amides is 2. The Balaban J connectivity index is 2.41. The second kappa shape index (κ2) is 5.72. The Morgan fingerprint density at radius 1 is 1.27 bits per heavy atom. The highest BCUT2D eigenvalue weighted by atomic mass is 32.2. The highest BCUT2D eigenvalue weighted by Crippen LogP contribution is 2.37. The lowest BCUT2D eigenvalue weighted by molar-refractivity contribution is -0.140. The molecule has 116 valence electrons. The van der Waals surface area contributed by atoms with Crippen LogP contribution in [0.2, 0.25) is 0 Å². The third-order valence-electron chi connectivity index (χ3n) is 3.21. The Kier molecular flexibility index (Phi) is 4.14. The quantitative estimate of drug-likeness (QED) is 0.574. The molecule has 0 radical (unpaired) electrons. The van der Waals surface area contributed by atoms with Crippen molar-refractivity contribution in [2.75, 3.05) is 6.54 Å². The number of carbonyl (C=O) groups is 3. The van der Waals surface area contributed by atoms with Gasteiger partial charge in [-0.2, -0.15) is 0 Å². The van der Waals surface area contributed by atoms with Crippen molar-refractivity contribution in [1.29, 1.82) is 0 Å². The maximum absolute atomic E-state index is 12.0. The number of hydrogen-bond acceptors (Lipinski definition) is 6. The number of rotatable bonds is 3. The van der Waals surface area contributed by atoms with Crippen LogP contribution in [0.3, 0.4) is 0 Å². The van der Waals surface area contributed by atoms with Crippen LogP contribution in [0.15, 0.2) is 11.0 Å². The zero-order chi connectivity index (χ0) is 16.6. The van der Waals surface area contributed by atoms with Crippen molar-refractivity contribution < 1.29 is 29.7 Å². The molecule has 2 amide bonds. The molecule has 0 aliphatic carbocycles. The third kappa shape index (κ3) is 2.77. The van der Waals surface area contributed by atoms with E-state index in [1.54, 1.807) is 19.9 Å². The Bertz CT molecular complexity index is 725. The molecular weight excluding hydrogens is 310 g/mol. The normalized spacial score (nSPS) is 16.6. The first-order chi connectivity index (χ1) is 10.2. The molecule has 1 aromatic carbocycles. The number of aromatic hydroxyl groups is 2. The van der Waals surface area contributed by atoms with E-state index in [9.17, 15) is 24.6 Å². The van der Waals surface area contributed by atoms with Gasteiger partial charge in [0.05, 0.1) is 4.91 Å². The molecule has 1 aliphatic rings. The van der Waals surface area contributed by atoms with Crippen molar-refractivity contribution >= 4 is 35.0 Å². The zero-order valence-electron chi connectivity index (χ0n) is 11.8. The van der Waals surface area contributed by atoms with E-state index in [0.29, 0.717) is 33.4 Å².